The van der Waals surface area contributed by atoms with Gasteiger partial charge in [0, 0.05) is 35.4 Å². The molecule has 0 saturated heterocycles. The van der Waals surface area contributed by atoms with Crippen LogP contribution in [-0.2, 0) is 0 Å². The molecule has 3 nitrogen and oxygen atoms in total. The van der Waals surface area contributed by atoms with Crippen LogP contribution in [0, 0.1) is 5.92 Å². The fraction of sp³-hybridized carbons (Fsp3) is 0.409. The highest BCUT2D eigenvalue weighted by Gasteiger charge is 2.21. The lowest BCUT2D eigenvalue weighted by Gasteiger charge is -2.27. The van der Waals surface area contributed by atoms with Gasteiger partial charge in [-0.15, -0.1) is 11.8 Å². The van der Waals surface area contributed by atoms with Crippen molar-refractivity contribution in [3.8, 4) is 11.1 Å². The first-order valence-electron chi connectivity index (χ1n) is 9.77. The van der Waals surface area contributed by atoms with E-state index in [0.29, 0.717) is 22.4 Å². The normalized spacial score (nSPS) is 11.6. The molecule has 0 saturated carbocycles. The van der Waals surface area contributed by atoms with Crippen LogP contribution in [0.5, 0.6) is 0 Å². The van der Waals surface area contributed by atoms with Crippen LogP contribution in [0.25, 0.3) is 16.8 Å². The van der Waals surface area contributed by atoms with E-state index < -0.39 is 0 Å². The maximum absolute atomic E-state index is 12.7. The molecule has 3 aromatic rings. The van der Waals surface area contributed by atoms with Gasteiger partial charge in [-0.05, 0) is 49.3 Å². The van der Waals surface area contributed by atoms with Crippen molar-refractivity contribution in [1.82, 2.24) is 9.38 Å². The van der Waals surface area contributed by atoms with Crippen molar-refractivity contribution in [1.29, 1.82) is 0 Å². The number of alkyl halides is 1. The second-order valence-electron chi connectivity index (χ2n) is 7.42. The molecule has 0 aliphatic carbocycles. The SMILES string of the molecule is CSc1nc2c(-c3ccc(Cl)cc3Cl)cccn2c1N(CCCCF)CC(C)C. The highest BCUT2D eigenvalue weighted by molar-refractivity contribution is 7.98. The van der Waals surface area contributed by atoms with Crippen LogP contribution in [0.3, 0.4) is 0 Å². The summed E-state index contributed by atoms with van der Waals surface area (Å²) in [6, 6.07) is 9.57. The fourth-order valence-electron chi connectivity index (χ4n) is 3.50. The average molecular weight is 454 g/mol. The number of imidazole rings is 1. The predicted octanol–water partition coefficient (Wildman–Crippen LogP) is 7.24. The van der Waals surface area contributed by atoms with Crippen molar-refractivity contribution < 1.29 is 4.39 Å². The van der Waals surface area contributed by atoms with Crippen molar-refractivity contribution in [3.63, 3.8) is 0 Å². The standard InChI is InChI=1S/C22H26Cl2FN3S/c1-15(2)14-27(11-5-4-10-25)22-21(29-3)26-20-18(7-6-12-28(20)22)17-9-8-16(23)13-19(17)24/h6-9,12-13,15H,4-5,10-11,14H2,1-3H3. The van der Waals surface area contributed by atoms with Gasteiger partial charge in [0.1, 0.15) is 16.5 Å². The molecule has 0 spiro atoms. The van der Waals surface area contributed by atoms with E-state index in [0.717, 1.165) is 47.1 Å². The zero-order valence-corrected chi connectivity index (χ0v) is 19.3. The molecule has 0 radical (unpaired) electrons. The van der Waals surface area contributed by atoms with Gasteiger partial charge >= 0.3 is 0 Å². The number of benzene rings is 1. The minimum atomic E-state index is -0.280. The van der Waals surface area contributed by atoms with E-state index in [1.807, 2.05) is 36.7 Å². The van der Waals surface area contributed by atoms with Crippen LogP contribution >= 0.6 is 35.0 Å². The Hall–Kier alpha value is -1.43. The third kappa shape index (κ3) is 5.01. The number of aromatic nitrogens is 2. The summed E-state index contributed by atoms with van der Waals surface area (Å²) in [7, 11) is 0. The van der Waals surface area contributed by atoms with E-state index >= 15 is 0 Å². The fourth-order valence-corrected chi connectivity index (χ4v) is 4.60. The number of hydrogen-bond donors (Lipinski definition) is 0. The first-order valence-corrected chi connectivity index (χ1v) is 11.8. The van der Waals surface area contributed by atoms with Crippen molar-refractivity contribution in [2.45, 2.75) is 31.7 Å². The Kier molecular flexibility index (Phi) is 7.72. The molecule has 1 aromatic carbocycles. The maximum atomic E-state index is 12.7. The van der Waals surface area contributed by atoms with Crippen molar-refractivity contribution in [3.05, 3.63) is 46.6 Å². The summed E-state index contributed by atoms with van der Waals surface area (Å²) in [5.74, 6) is 1.54. The van der Waals surface area contributed by atoms with Crippen molar-refractivity contribution >= 4 is 46.4 Å². The molecule has 0 atom stereocenters. The third-order valence-corrected chi connectivity index (χ3v) is 5.91. The molecule has 0 aliphatic rings. The average Bonchev–Trinajstić information content (AvgIpc) is 3.06. The largest absolute Gasteiger partial charge is 0.355 e. The molecule has 2 heterocycles. The molecule has 0 amide bonds. The Morgan fingerprint density at radius 1 is 1.17 bits per heavy atom. The lowest BCUT2D eigenvalue weighted by Crippen LogP contribution is -2.30. The molecular formula is C22H26Cl2FN3S. The van der Waals surface area contributed by atoms with E-state index in [1.165, 1.54) is 0 Å². The van der Waals surface area contributed by atoms with Crippen LogP contribution in [0.1, 0.15) is 26.7 Å². The number of halogens is 3. The smallest absolute Gasteiger partial charge is 0.147 e. The highest BCUT2D eigenvalue weighted by Crippen LogP contribution is 2.37. The van der Waals surface area contributed by atoms with Gasteiger partial charge in [-0.1, -0.05) is 43.1 Å². The molecule has 3 rings (SSSR count). The summed E-state index contributed by atoms with van der Waals surface area (Å²) in [6.07, 6.45) is 5.46. The number of hydrogen-bond acceptors (Lipinski definition) is 3. The molecule has 0 fully saturated rings. The quantitative estimate of drug-likeness (QED) is 0.251. The van der Waals surface area contributed by atoms with Gasteiger partial charge in [0.2, 0.25) is 0 Å². The summed E-state index contributed by atoms with van der Waals surface area (Å²) in [5, 5.41) is 2.17. The number of fused-ring (bicyclic) bond motifs is 1. The van der Waals surface area contributed by atoms with Crippen molar-refractivity contribution in [2.75, 3.05) is 30.9 Å². The molecule has 0 aliphatic heterocycles. The van der Waals surface area contributed by atoms with E-state index in [1.54, 1.807) is 17.8 Å². The van der Waals surface area contributed by atoms with Crippen LogP contribution in [0.15, 0.2) is 41.6 Å². The first-order chi connectivity index (χ1) is 14.0. The molecule has 7 heteroatoms. The van der Waals surface area contributed by atoms with Gasteiger partial charge in [0.25, 0.3) is 0 Å². The Balaban J connectivity index is 2.14. The van der Waals surface area contributed by atoms with E-state index in [2.05, 4.69) is 23.1 Å². The summed E-state index contributed by atoms with van der Waals surface area (Å²) in [6.45, 7) is 5.80. The number of anilines is 1. The Labute approximate surface area is 186 Å². The van der Waals surface area contributed by atoms with Gasteiger partial charge in [0.15, 0.2) is 0 Å². The number of thioether (sulfide) groups is 1. The lowest BCUT2D eigenvalue weighted by molar-refractivity contribution is 0.458. The molecular weight excluding hydrogens is 428 g/mol. The monoisotopic (exact) mass is 453 g/mol. The Morgan fingerprint density at radius 2 is 1.97 bits per heavy atom. The first kappa shape index (κ1) is 22.3. The molecule has 156 valence electrons. The predicted molar refractivity (Wildman–Crippen MR) is 125 cm³/mol. The van der Waals surface area contributed by atoms with E-state index in [9.17, 15) is 4.39 Å². The number of nitrogens with zero attached hydrogens (tertiary/aromatic N) is 3. The van der Waals surface area contributed by atoms with Crippen LogP contribution in [0.4, 0.5) is 10.2 Å². The van der Waals surface area contributed by atoms with Gasteiger partial charge in [-0.2, -0.15) is 0 Å². The Morgan fingerprint density at radius 3 is 2.62 bits per heavy atom. The summed E-state index contributed by atoms with van der Waals surface area (Å²) < 4.78 is 14.8. The van der Waals surface area contributed by atoms with Gasteiger partial charge in [-0.25, -0.2) is 4.98 Å². The number of unbranched alkanes of at least 4 members (excludes halogenated alkanes) is 1. The van der Waals surface area contributed by atoms with Crippen LogP contribution in [-0.4, -0.2) is 35.4 Å². The third-order valence-electron chi connectivity index (χ3n) is 4.71. The van der Waals surface area contributed by atoms with Gasteiger partial charge in [0.05, 0.1) is 11.7 Å². The van der Waals surface area contributed by atoms with E-state index in [4.69, 9.17) is 28.2 Å². The maximum Gasteiger partial charge on any atom is 0.147 e. The van der Waals surface area contributed by atoms with Gasteiger partial charge in [-0.3, -0.25) is 8.79 Å². The second kappa shape index (κ2) is 10.1. The molecule has 2 aromatic heterocycles. The zero-order valence-electron chi connectivity index (χ0n) is 17.0. The number of rotatable bonds is 9. The summed E-state index contributed by atoms with van der Waals surface area (Å²) >= 11 is 14.2. The van der Waals surface area contributed by atoms with Gasteiger partial charge < -0.3 is 4.90 Å². The molecule has 0 unspecified atom stereocenters. The molecule has 0 bridgehead atoms. The minimum Gasteiger partial charge on any atom is -0.355 e. The highest BCUT2D eigenvalue weighted by atomic mass is 35.5. The van der Waals surface area contributed by atoms with Crippen LogP contribution in [0.2, 0.25) is 10.0 Å². The Bertz CT molecular complexity index is 974. The van der Waals surface area contributed by atoms with Crippen LogP contribution < -0.4 is 4.90 Å². The molecule has 0 N–H and O–H groups in total. The topological polar surface area (TPSA) is 20.5 Å². The zero-order chi connectivity index (χ0) is 21.0. The summed E-state index contributed by atoms with van der Waals surface area (Å²) in [4.78, 5) is 7.28. The number of pyridine rings is 1. The molecule has 29 heavy (non-hydrogen) atoms. The summed E-state index contributed by atoms with van der Waals surface area (Å²) in [5.41, 5.74) is 2.72. The van der Waals surface area contributed by atoms with Crippen molar-refractivity contribution in [2.24, 2.45) is 5.92 Å². The second-order valence-corrected chi connectivity index (χ2v) is 9.06. The van der Waals surface area contributed by atoms with E-state index in [-0.39, 0.29) is 6.67 Å². The minimum absolute atomic E-state index is 0.280. The lowest BCUT2D eigenvalue weighted by atomic mass is 10.1.